The quantitative estimate of drug-likeness (QED) is 0.647. The summed E-state index contributed by atoms with van der Waals surface area (Å²) in [5.41, 5.74) is 3.89. The number of nitrogens with two attached hydrogens (primary N) is 1. The predicted molar refractivity (Wildman–Crippen MR) is 63.7 cm³/mol. The van der Waals surface area contributed by atoms with Gasteiger partial charge >= 0.3 is 12.0 Å². The van der Waals surface area contributed by atoms with Crippen LogP contribution in [0.25, 0.3) is 0 Å². The number of piperidine rings is 1. The van der Waals surface area contributed by atoms with Crippen molar-refractivity contribution in [1.29, 1.82) is 0 Å². The number of likely N-dealkylation sites (tertiary alicyclic amines) is 1. The van der Waals surface area contributed by atoms with E-state index in [2.05, 4.69) is 5.32 Å². The molecular formula is C11H19N3O4. The summed E-state index contributed by atoms with van der Waals surface area (Å²) < 4.78 is 0. The second kappa shape index (κ2) is 5.24. The maximum Gasteiger partial charge on any atom is 0.328 e. The van der Waals surface area contributed by atoms with Gasteiger partial charge < -0.3 is 21.1 Å². The molecule has 0 radical (unpaired) electrons. The zero-order valence-corrected chi connectivity index (χ0v) is 10.6. The number of aliphatic carboxylic acids is 1. The van der Waals surface area contributed by atoms with E-state index in [1.165, 1.54) is 18.7 Å². The Morgan fingerprint density at radius 3 is 2.17 bits per heavy atom. The SMILES string of the molecule is CC(C)(NC(=O)N1CCC(C(N)=O)CC1)C(=O)O. The topological polar surface area (TPSA) is 113 Å². The van der Waals surface area contributed by atoms with Gasteiger partial charge in [-0.25, -0.2) is 9.59 Å². The number of hydrogen-bond donors (Lipinski definition) is 3. The summed E-state index contributed by atoms with van der Waals surface area (Å²) in [6.07, 6.45) is 1.05. The molecule has 0 spiro atoms. The minimum atomic E-state index is -1.31. The highest BCUT2D eigenvalue weighted by Crippen LogP contribution is 2.17. The number of urea groups is 1. The molecular weight excluding hydrogens is 238 g/mol. The number of amides is 3. The van der Waals surface area contributed by atoms with E-state index in [1.807, 2.05) is 0 Å². The maximum atomic E-state index is 11.8. The summed E-state index contributed by atoms with van der Waals surface area (Å²) in [5, 5.41) is 11.3. The number of primary amides is 1. The predicted octanol–water partition coefficient (Wildman–Crippen LogP) is -0.243. The first kappa shape index (κ1) is 14.3. The molecule has 1 aliphatic rings. The van der Waals surface area contributed by atoms with Gasteiger partial charge in [-0.2, -0.15) is 0 Å². The number of carboxylic acid groups (broad SMARTS) is 1. The Labute approximate surface area is 105 Å². The molecule has 7 heteroatoms. The molecule has 0 saturated carbocycles. The molecule has 0 atom stereocenters. The number of carboxylic acids is 1. The molecule has 0 bridgehead atoms. The second-order valence-corrected chi connectivity index (χ2v) is 5.02. The van der Waals surface area contributed by atoms with Crippen LogP contribution in [-0.2, 0) is 9.59 Å². The lowest BCUT2D eigenvalue weighted by Crippen LogP contribution is -2.55. The standard InChI is InChI=1S/C11H19N3O4/c1-11(2,9(16)17)13-10(18)14-5-3-7(4-6-14)8(12)15/h7H,3-6H2,1-2H3,(H2,12,15)(H,13,18)(H,16,17). The summed E-state index contributed by atoms with van der Waals surface area (Å²) in [6.45, 7) is 3.66. The molecule has 1 rings (SSSR count). The molecule has 0 aliphatic carbocycles. The maximum absolute atomic E-state index is 11.8. The lowest BCUT2D eigenvalue weighted by Gasteiger charge is -2.33. The Balaban J connectivity index is 2.51. The highest BCUT2D eigenvalue weighted by molar-refractivity contribution is 5.85. The van der Waals surface area contributed by atoms with Gasteiger partial charge in [0.2, 0.25) is 5.91 Å². The summed E-state index contributed by atoms with van der Waals surface area (Å²) in [5.74, 6) is -1.63. The molecule has 0 aromatic carbocycles. The van der Waals surface area contributed by atoms with Crippen molar-refractivity contribution >= 4 is 17.9 Å². The smallest absolute Gasteiger partial charge is 0.328 e. The van der Waals surface area contributed by atoms with E-state index in [0.717, 1.165) is 0 Å². The Morgan fingerprint density at radius 2 is 1.78 bits per heavy atom. The third kappa shape index (κ3) is 3.35. The molecule has 0 aromatic rings. The fraction of sp³-hybridized carbons (Fsp3) is 0.727. The molecule has 1 aliphatic heterocycles. The van der Waals surface area contributed by atoms with Crippen molar-refractivity contribution in [2.45, 2.75) is 32.2 Å². The molecule has 1 heterocycles. The van der Waals surface area contributed by atoms with Gasteiger partial charge in [0.05, 0.1) is 0 Å². The van der Waals surface area contributed by atoms with Gasteiger partial charge in [-0.05, 0) is 26.7 Å². The number of nitrogens with zero attached hydrogens (tertiary/aromatic N) is 1. The van der Waals surface area contributed by atoms with Crippen molar-refractivity contribution in [3.05, 3.63) is 0 Å². The van der Waals surface area contributed by atoms with Gasteiger partial charge in [-0.15, -0.1) is 0 Å². The molecule has 3 amide bonds. The van der Waals surface area contributed by atoms with Crippen molar-refractivity contribution in [3.8, 4) is 0 Å². The summed E-state index contributed by atoms with van der Waals surface area (Å²) in [7, 11) is 0. The number of hydrogen-bond acceptors (Lipinski definition) is 3. The number of carbonyl (C=O) groups is 3. The number of nitrogens with one attached hydrogen (secondary N) is 1. The molecule has 1 fully saturated rings. The van der Waals surface area contributed by atoms with Crippen molar-refractivity contribution < 1.29 is 19.5 Å². The van der Waals surface area contributed by atoms with Crippen LogP contribution in [0.3, 0.4) is 0 Å². The van der Waals surface area contributed by atoms with Crippen LogP contribution in [0.15, 0.2) is 0 Å². The largest absolute Gasteiger partial charge is 0.480 e. The van der Waals surface area contributed by atoms with Crippen molar-refractivity contribution in [1.82, 2.24) is 10.2 Å². The van der Waals surface area contributed by atoms with Crippen LogP contribution in [0.4, 0.5) is 4.79 Å². The highest BCUT2D eigenvalue weighted by Gasteiger charge is 2.32. The van der Waals surface area contributed by atoms with Crippen LogP contribution in [-0.4, -0.2) is 46.5 Å². The van der Waals surface area contributed by atoms with E-state index in [9.17, 15) is 14.4 Å². The Bertz CT molecular complexity index is 359. The van der Waals surface area contributed by atoms with Crippen LogP contribution < -0.4 is 11.1 Å². The fourth-order valence-electron chi connectivity index (χ4n) is 1.77. The van der Waals surface area contributed by atoms with E-state index in [0.29, 0.717) is 25.9 Å². The molecule has 0 unspecified atom stereocenters. The lowest BCUT2D eigenvalue weighted by atomic mass is 9.96. The van der Waals surface area contributed by atoms with Gasteiger partial charge in [-0.1, -0.05) is 0 Å². The number of rotatable bonds is 3. The third-order valence-corrected chi connectivity index (χ3v) is 3.14. The van der Waals surface area contributed by atoms with Crippen LogP contribution in [0.2, 0.25) is 0 Å². The van der Waals surface area contributed by atoms with Crippen LogP contribution in [0.1, 0.15) is 26.7 Å². The van der Waals surface area contributed by atoms with Gasteiger partial charge in [0.1, 0.15) is 5.54 Å². The molecule has 4 N–H and O–H groups in total. The third-order valence-electron chi connectivity index (χ3n) is 3.14. The van der Waals surface area contributed by atoms with Crippen molar-refractivity contribution in [2.75, 3.05) is 13.1 Å². The van der Waals surface area contributed by atoms with E-state index in [-0.39, 0.29) is 11.8 Å². The van der Waals surface area contributed by atoms with Crippen molar-refractivity contribution in [3.63, 3.8) is 0 Å². The Morgan fingerprint density at radius 1 is 1.28 bits per heavy atom. The zero-order chi connectivity index (χ0) is 13.9. The minimum absolute atomic E-state index is 0.193. The van der Waals surface area contributed by atoms with Crippen molar-refractivity contribution in [2.24, 2.45) is 11.7 Å². The molecule has 18 heavy (non-hydrogen) atoms. The van der Waals surface area contributed by atoms with E-state index in [4.69, 9.17) is 10.8 Å². The van der Waals surface area contributed by atoms with Gasteiger partial charge in [0, 0.05) is 19.0 Å². The van der Waals surface area contributed by atoms with E-state index in [1.54, 1.807) is 0 Å². The second-order valence-electron chi connectivity index (χ2n) is 5.02. The van der Waals surface area contributed by atoms with E-state index < -0.39 is 17.5 Å². The first-order valence-electron chi connectivity index (χ1n) is 5.84. The summed E-state index contributed by atoms with van der Waals surface area (Å²) in [6, 6.07) is -0.426. The average Bonchev–Trinajstić information content (AvgIpc) is 2.28. The molecule has 7 nitrogen and oxygen atoms in total. The number of carbonyl (C=O) groups excluding carboxylic acids is 2. The summed E-state index contributed by atoms with van der Waals surface area (Å²) >= 11 is 0. The molecule has 0 aromatic heterocycles. The van der Waals surface area contributed by atoms with Gasteiger partial charge in [0.25, 0.3) is 0 Å². The first-order chi connectivity index (χ1) is 8.24. The Hall–Kier alpha value is -1.79. The normalized spacial score (nSPS) is 17.3. The van der Waals surface area contributed by atoms with E-state index >= 15 is 0 Å². The monoisotopic (exact) mass is 257 g/mol. The zero-order valence-electron chi connectivity index (χ0n) is 10.6. The fourth-order valence-corrected chi connectivity index (χ4v) is 1.77. The van der Waals surface area contributed by atoms with Gasteiger partial charge in [-0.3, -0.25) is 4.79 Å². The minimum Gasteiger partial charge on any atom is -0.480 e. The van der Waals surface area contributed by atoms with Crippen LogP contribution in [0.5, 0.6) is 0 Å². The molecule has 102 valence electrons. The molecule has 1 saturated heterocycles. The van der Waals surface area contributed by atoms with Gasteiger partial charge in [0.15, 0.2) is 0 Å². The van der Waals surface area contributed by atoms with Crippen LogP contribution in [0, 0.1) is 5.92 Å². The highest BCUT2D eigenvalue weighted by atomic mass is 16.4. The Kier molecular flexibility index (Phi) is 4.15. The summed E-state index contributed by atoms with van der Waals surface area (Å²) in [4.78, 5) is 35.2. The average molecular weight is 257 g/mol. The first-order valence-corrected chi connectivity index (χ1v) is 5.84. The van der Waals surface area contributed by atoms with Crippen LogP contribution >= 0.6 is 0 Å². The lowest BCUT2D eigenvalue weighted by molar-refractivity contribution is -0.143.